The van der Waals surface area contributed by atoms with Crippen LogP contribution in [0.5, 0.6) is 0 Å². The lowest BCUT2D eigenvalue weighted by Gasteiger charge is -2.32. The van der Waals surface area contributed by atoms with E-state index in [1.807, 2.05) is 36.1 Å². The van der Waals surface area contributed by atoms with Gasteiger partial charge in [0.15, 0.2) is 0 Å². The summed E-state index contributed by atoms with van der Waals surface area (Å²) in [5, 5.41) is 6.86. The van der Waals surface area contributed by atoms with Gasteiger partial charge in [0.1, 0.15) is 0 Å². The molecule has 31 heavy (non-hydrogen) atoms. The Balaban J connectivity index is 1.39. The molecule has 1 atom stereocenters. The average Bonchev–Trinajstić information content (AvgIpc) is 3.22. The second-order valence-electron chi connectivity index (χ2n) is 8.05. The van der Waals surface area contributed by atoms with Gasteiger partial charge in [-0.2, -0.15) is 4.98 Å². The molecular formula is C24H26N4O3. The Morgan fingerprint density at radius 2 is 1.94 bits per heavy atom. The van der Waals surface area contributed by atoms with Crippen molar-refractivity contribution in [3.05, 3.63) is 65.5 Å². The molecule has 1 N–H and O–H groups in total. The fraction of sp³-hybridized carbons (Fsp3) is 0.333. The van der Waals surface area contributed by atoms with Crippen LogP contribution in [0.4, 0.5) is 5.69 Å². The van der Waals surface area contributed by atoms with Gasteiger partial charge >= 0.3 is 0 Å². The van der Waals surface area contributed by atoms with Gasteiger partial charge in [-0.25, -0.2) is 0 Å². The lowest BCUT2D eigenvalue weighted by molar-refractivity contribution is -0.114. The molecule has 0 radical (unpaired) electrons. The number of hydrogen-bond acceptors (Lipinski definition) is 5. The maximum atomic E-state index is 12.9. The third-order valence-corrected chi connectivity index (χ3v) is 5.58. The summed E-state index contributed by atoms with van der Waals surface area (Å²) < 4.78 is 5.50. The molecule has 1 aliphatic rings. The zero-order valence-electron chi connectivity index (χ0n) is 17.8. The van der Waals surface area contributed by atoms with Gasteiger partial charge in [0.25, 0.3) is 5.91 Å². The highest BCUT2D eigenvalue weighted by Gasteiger charge is 2.26. The highest BCUT2D eigenvalue weighted by molar-refractivity contribution is 5.95. The number of nitrogens with zero attached hydrogens (tertiary/aromatic N) is 3. The Kier molecular flexibility index (Phi) is 6.11. The number of anilines is 1. The van der Waals surface area contributed by atoms with Crippen LogP contribution in [0, 0.1) is 12.8 Å². The maximum Gasteiger partial charge on any atom is 0.253 e. The summed E-state index contributed by atoms with van der Waals surface area (Å²) in [6.45, 7) is 4.88. The maximum absolute atomic E-state index is 12.9. The third kappa shape index (κ3) is 4.99. The smallest absolute Gasteiger partial charge is 0.253 e. The minimum atomic E-state index is -0.135. The van der Waals surface area contributed by atoms with Crippen LogP contribution < -0.4 is 5.32 Å². The van der Waals surface area contributed by atoms with Crippen LogP contribution in [0.15, 0.2) is 53.1 Å². The minimum Gasteiger partial charge on any atom is -0.339 e. The first-order valence-electron chi connectivity index (χ1n) is 10.5. The lowest BCUT2D eigenvalue weighted by atomic mass is 9.94. The number of aromatic nitrogens is 2. The zero-order valence-corrected chi connectivity index (χ0v) is 17.8. The largest absolute Gasteiger partial charge is 0.339 e. The highest BCUT2D eigenvalue weighted by Crippen LogP contribution is 2.25. The van der Waals surface area contributed by atoms with Gasteiger partial charge in [0.2, 0.25) is 17.6 Å². The Morgan fingerprint density at radius 1 is 1.16 bits per heavy atom. The van der Waals surface area contributed by atoms with Crippen molar-refractivity contribution in [3.63, 3.8) is 0 Å². The molecule has 2 aromatic carbocycles. The quantitative estimate of drug-likeness (QED) is 0.674. The first kappa shape index (κ1) is 20.8. The van der Waals surface area contributed by atoms with Crippen molar-refractivity contribution in [1.29, 1.82) is 0 Å². The monoisotopic (exact) mass is 418 g/mol. The fourth-order valence-electron chi connectivity index (χ4n) is 4.02. The number of amides is 2. The van der Waals surface area contributed by atoms with E-state index in [0.29, 0.717) is 35.9 Å². The lowest BCUT2D eigenvalue weighted by Crippen LogP contribution is -2.40. The van der Waals surface area contributed by atoms with Crippen molar-refractivity contribution in [2.24, 2.45) is 5.92 Å². The molecule has 0 aliphatic carbocycles. The molecule has 160 valence electrons. The van der Waals surface area contributed by atoms with E-state index >= 15 is 0 Å². The normalized spacial score (nSPS) is 16.2. The molecule has 1 saturated heterocycles. The average molecular weight is 418 g/mol. The molecule has 2 amide bonds. The molecule has 1 unspecified atom stereocenters. The molecule has 0 spiro atoms. The Morgan fingerprint density at radius 3 is 2.68 bits per heavy atom. The molecule has 1 fully saturated rings. The number of piperidine rings is 1. The van der Waals surface area contributed by atoms with Crippen molar-refractivity contribution < 1.29 is 14.1 Å². The number of nitrogens with one attached hydrogen (secondary N) is 1. The predicted molar refractivity (Wildman–Crippen MR) is 118 cm³/mol. The standard InChI is InChI=1S/C24H26N4O3/c1-16-6-3-4-8-21(16)23-26-22(31-27-23)14-18-7-5-13-28(15-18)24(30)19-9-11-20(12-10-19)25-17(2)29/h3-4,6,8-12,18H,5,7,13-15H2,1-2H3,(H,25,29). The highest BCUT2D eigenvalue weighted by atomic mass is 16.5. The summed E-state index contributed by atoms with van der Waals surface area (Å²) in [7, 11) is 0. The molecule has 2 heterocycles. The third-order valence-electron chi connectivity index (χ3n) is 5.58. The summed E-state index contributed by atoms with van der Waals surface area (Å²) >= 11 is 0. The molecular weight excluding hydrogens is 392 g/mol. The summed E-state index contributed by atoms with van der Waals surface area (Å²) in [5.74, 6) is 1.37. The van der Waals surface area contributed by atoms with Crippen molar-refractivity contribution in [3.8, 4) is 11.4 Å². The van der Waals surface area contributed by atoms with Crippen LogP contribution in [-0.2, 0) is 11.2 Å². The molecule has 1 aromatic heterocycles. The van der Waals surface area contributed by atoms with Gasteiger partial charge in [-0.05, 0) is 55.5 Å². The van der Waals surface area contributed by atoms with Crippen molar-refractivity contribution in [2.75, 3.05) is 18.4 Å². The Bertz CT molecular complexity index is 1070. The van der Waals surface area contributed by atoms with E-state index in [2.05, 4.69) is 15.5 Å². The van der Waals surface area contributed by atoms with Crippen molar-refractivity contribution in [1.82, 2.24) is 15.0 Å². The van der Waals surface area contributed by atoms with E-state index in [4.69, 9.17) is 4.52 Å². The zero-order chi connectivity index (χ0) is 21.8. The summed E-state index contributed by atoms with van der Waals surface area (Å²) in [6.07, 6.45) is 2.62. The van der Waals surface area contributed by atoms with Gasteiger partial charge in [-0.3, -0.25) is 9.59 Å². The first-order chi connectivity index (χ1) is 15.0. The molecule has 7 nitrogen and oxygen atoms in total. The van der Waals surface area contributed by atoms with Gasteiger partial charge in [-0.15, -0.1) is 0 Å². The van der Waals surface area contributed by atoms with Crippen molar-refractivity contribution in [2.45, 2.75) is 33.1 Å². The van der Waals surface area contributed by atoms with E-state index in [0.717, 1.165) is 30.5 Å². The molecule has 3 aromatic rings. The van der Waals surface area contributed by atoms with Gasteiger partial charge in [0, 0.05) is 43.2 Å². The molecule has 0 bridgehead atoms. The van der Waals surface area contributed by atoms with E-state index in [-0.39, 0.29) is 17.7 Å². The van der Waals surface area contributed by atoms with Gasteiger partial charge < -0.3 is 14.7 Å². The van der Waals surface area contributed by atoms with Crippen molar-refractivity contribution >= 4 is 17.5 Å². The number of benzene rings is 2. The van der Waals surface area contributed by atoms with Crippen LogP contribution >= 0.6 is 0 Å². The van der Waals surface area contributed by atoms with E-state index < -0.39 is 0 Å². The SMILES string of the molecule is CC(=O)Nc1ccc(C(=O)N2CCCC(Cc3nc(-c4ccccc4C)no3)C2)cc1. The van der Waals surface area contributed by atoms with Crippen LogP contribution in [-0.4, -0.2) is 39.9 Å². The van der Waals surface area contributed by atoms with Crippen LogP contribution in [0.2, 0.25) is 0 Å². The number of carbonyl (C=O) groups excluding carboxylic acids is 2. The summed E-state index contributed by atoms with van der Waals surface area (Å²) in [5.41, 5.74) is 3.38. The van der Waals surface area contributed by atoms with Gasteiger partial charge in [-0.1, -0.05) is 29.4 Å². The molecule has 1 aliphatic heterocycles. The minimum absolute atomic E-state index is 0.00482. The molecule has 7 heteroatoms. The summed E-state index contributed by atoms with van der Waals surface area (Å²) in [6, 6.07) is 15.0. The van der Waals surface area contributed by atoms with E-state index in [9.17, 15) is 9.59 Å². The fourth-order valence-corrected chi connectivity index (χ4v) is 4.02. The number of carbonyl (C=O) groups is 2. The second kappa shape index (κ2) is 9.12. The van der Waals surface area contributed by atoms with E-state index in [1.165, 1.54) is 6.92 Å². The van der Waals surface area contributed by atoms with Crippen LogP contribution in [0.25, 0.3) is 11.4 Å². The van der Waals surface area contributed by atoms with E-state index in [1.54, 1.807) is 24.3 Å². The topological polar surface area (TPSA) is 88.3 Å². The Hall–Kier alpha value is -3.48. The number of rotatable bonds is 5. The number of likely N-dealkylation sites (tertiary alicyclic amines) is 1. The van der Waals surface area contributed by atoms with Crippen LogP contribution in [0.1, 0.15) is 41.6 Å². The number of aryl methyl sites for hydroxylation is 1. The second-order valence-corrected chi connectivity index (χ2v) is 8.05. The van der Waals surface area contributed by atoms with Crippen LogP contribution in [0.3, 0.4) is 0 Å². The first-order valence-corrected chi connectivity index (χ1v) is 10.5. The summed E-state index contributed by atoms with van der Waals surface area (Å²) in [4.78, 5) is 30.6. The molecule has 0 saturated carbocycles. The predicted octanol–water partition coefficient (Wildman–Crippen LogP) is 4.10. The van der Waals surface area contributed by atoms with Gasteiger partial charge in [0.05, 0.1) is 0 Å². The molecule has 4 rings (SSSR count). The number of hydrogen-bond donors (Lipinski definition) is 1. The Labute approximate surface area is 181 Å².